The lowest BCUT2D eigenvalue weighted by molar-refractivity contribution is 0.298. The molecule has 1 heterocycles. The molecule has 4 heteroatoms. The molecule has 0 N–H and O–H groups in total. The van der Waals surface area contributed by atoms with Crippen LogP contribution < -0.4 is 4.74 Å². The largest absolute Gasteiger partial charge is 0.487 e. The second-order valence-electron chi connectivity index (χ2n) is 3.21. The van der Waals surface area contributed by atoms with Crippen LogP contribution in [0.15, 0.2) is 42.7 Å². The van der Waals surface area contributed by atoms with E-state index in [1.54, 1.807) is 36.7 Å². The highest BCUT2D eigenvalue weighted by Gasteiger charge is 2.03. The van der Waals surface area contributed by atoms with Gasteiger partial charge in [-0.15, -0.1) is 0 Å². The number of ether oxygens (including phenoxy) is 1. The Balaban J connectivity index is 2.05. The van der Waals surface area contributed by atoms with Crippen LogP contribution in [-0.2, 0) is 6.61 Å². The Hall–Kier alpha value is -1.61. The van der Waals surface area contributed by atoms with Gasteiger partial charge >= 0.3 is 0 Å². The zero-order valence-electron chi connectivity index (χ0n) is 8.36. The highest BCUT2D eigenvalue weighted by Crippen LogP contribution is 2.16. The van der Waals surface area contributed by atoms with Crippen molar-refractivity contribution in [2.45, 2.75) is 6.61 Å². The lowest BCUT2D eigenvalue weighted by Crippen LogP contribution is -1.98. The van der Waals surface area contributed by atoms with E-state index in [2.05, 4.69) is 4.98 Å². The summed E-state index contributed by atoms with van der Waals surface area (Å²) < 4.78 is 18.7. The molecule has 0 aliphatic heterocycles. The monoisotopic (exact) mass is 237 g/mol. The first kappa shape index (κ1) is 10.9. The third kappa shape index (κ3) is 2.70. The van der Waals surface area contributed by atoms with Crippen molar-refractivity contribution in [1.29, 1.82) is 0 Å². The first-order valence-electron chi connectivity index (χ1n) is 4.72. The zero-order valence-corrected chi connectivity index (χ0v) is 9.12. The van der Waals surface area contributed by atoms with Crippen molar-refractivity contribution in [3.8, 4) is 5.75 Å². The van der Waals surface area contributed by atoms with Gasteiger partial charge in [0.15, 0.2) is 0 Å². The van der Waals surface area contributed by atoms with Crippen molar-refractivity contribution in [2.24, 2.45) is 0 Å². The third-order valence-electron chi connectivity index (χ3n) is 2.04. The molecule has 1 aromatic heterocycles. The van der Waals surface area contributed by atoms with Gasteiger partial charge in [0.2, 0.25) is 0 Å². The molecule has 82 valence electrons. The SMILES string of the molecule is Fc1cc(Cl)ccc1COc1cccnc1. The molecule has 1 aromatic carbocycles. The first-order valence-corrected chi connectivity index (χ1v) is 5.10. The fourth-order valence-corrected chi connectivity index (χ4v) is 1.39. The Labute approximate surface area is 97.7 Å². The molecule has 0 unspecified atom stereocenters. The van der Waals surface area contributed by atoms with Gasteiger partial charge in [-0.1, -0.05) is 17.7 Å². The van der Waals surface area contributed by atoms with Crippen molar-refractivity contribution in [1.82, 2.24) is 4.98 Å². The predicted octanol–water partition coefficient (Wildman–Crippen LogP) is 3.45. The average molecular weight is 238 g/mol. The smallest absolute Gasteiger partial charge is 0.138 e. The normalized spacial score (nSPS) is 10.1. The minimum Gasteiger partial charge on any atom is -0.487 e. The summed E-state index contributed by atoms with van der Waals surface area (Å²) >= 11 is 5.64. The summed E-state index contributed by atoms with van der Waals surface area (Å²) in [7, 11) is 0. The van der Waals surface area contributed by atoms with Crippen LogP contribution in [0.3, 0.4) is 0 Å². The minimum atomic E-state index is -0.364. The number of benzene rings is 1. The van der Waals surface area contributed by atoms with Gasteiger partial charge in [0.1, 0.15) is 18.2 Å². The molecule has 0 fully saturated rings. The molecular weight excluding hydrogens is 229 g/mol. The number of aromatic nitrogens is 1. The van der Waals surface area contributed by atoms with E-state index in [1.165, 1.54) is 6.07 Å². The molecule has 2 nitrogen and oxygen atoms in total. The molecule has 2 aromatic rings. The van der Waals surface area contributed by atoms with Crippen LogP contribution in [0.1, 0.15) is 5.56 Å². The highest BCUT2D eigenvalue weighted by atomic mass is 35.5. The van der Waals surface area contributed by atoms with Crippen LogP contribution in [0.4, 0.5) is 4.39 Å². The number of hydrogen-bond donors (Lipinski definition) is 0. The van der Waals surface area contributed by atoms with Crippen molar-refractivity contribution in [3.05, 3.63) is 59.1 Å². The fraction of sp³-hybridized carbons (Fsp3) is 0.0833. The molecule has 0 saturated carbocycles. The second-order valence-corrected chi connectivity index (χ2v) is 3.65. The molecule has 0 saturated heterocycles. The molecule has 0 aliphatic rings. The van der Waals surface area contributed by atoms with Gasteiger partial charge in [-0.3, -0.25) is 4.98 Å². The van der Waals surface area contributed by atoms with E-state index in [0.29, 0.717) is 16.3 Å². The van der Waals surface area contributed by atoms with Gasteiger partial charge in [0.25, 0.3) is 0 Å². The zero-order chi connectivity index (χ0) is 11.4. The number of hydrogen-bond acceptors (Lipinski definition) is 2. The van der Waals surface area contributed by atoms with Crippen LogP contribution in [-0.4, -0.2) is 4.98 Å². The standard InChI is InChI=1S/C12H9ClFNO/c13-10-4-3-9(12(14)6-10)8-16-11-2-1-5-15-7-11/h1-7H,8H2. The topological polar surface area (TPSA) is 22.1 Å². The Morgan fingerprint density at radius 2 is 2.19 bits per heavy atom. The molecule has 16 heavy (non-hydrogen) atoms. The van der Waals surface area contributed by atoms with Crippen LogP contribution in [0.2, 0.25) is 5.02 Å². The van der Waals surface area contributed by atoms with E-state index in [-0.39, 0.29) is 12.4 Å². The van der Waals surface area contributed by atoms with Crippen LogP contribution in [0, 0.1) is 5.82 Å². The number of nitrogens with zero attached hydrogens (tertiary/aromatic N) is 1. The maximum Gasteiger partial charge on any atom is 0.138 e. The van der Waals surface area contributed by atoms with Gasteiger partial charge in [-0.05, 0) is 24.3 Å². The van der Waals surface area contributed by atoms with Gasteiger partial charge in [-0.2, -0.15) is 0 Å². The van der Waals surface area contributed by atoms with E-state index in [9.17, 15) is 4.39 Å². The van der Waals surface area contributed by atoms with E-state index in [1.807, 2.05) is 0 Å². The summed E-state index contributed by atoms with van der Waals surface area (Å²) in [6.45, 7) is 0.161. The molecule has 0 atom stereocenters. The van der Waals surface area contributed by atoms with Crippen molar-refractivity contribution < 1.29 is 9.13 Å². The third-order valence-corrected chi connectivity index (χ3v) is 2.28. The second kappa shape index (κ2) is 4.94. The summed E-state index contributed by atoms with van der Waals surface area (Å²) in [4.78, 5) is 3.89. The van der Waals surface area contributed by atoms with Gasteiger partial charge < -0.3 is 4.74 Å². The Morgan fingerprint density at radius 1 is 1.31 bits per heavy atom. The molecule has 0 radical (unpaired) electrons. The fourth-order valence-electron chi connectivity index (χ4n) is 1.23. The van der Waals surface area contributed by atoms with Crippen LogP contribution in [0.5, 0.6) is 5.75 Å². The Bertz CT molecular complexity index is 476. The van der Waals surface area contributed by atoms with Crippen molar-refractivity contribution >= 4 is 11.6 Å². The summed E-state index contributed by atoms with van der Waals surface area (Å²) in [6.07, 6.45) is 3.23. The molecular formula is C12H9ClFNO. The molecule has 0 aliphatic carbocycles. The number of rotatable bonds is 3. The molecule has 0 spiro atoms. The summed E-state index contributed by atoms with van der Waals surface area (Å²) in [6, 6.07) is 8.03. The predicted molar refractivity (Wildman–Crippen MR) is 60.0 cm³/mol. The quantitative estimate of drug-likeness (QED) is 0.816. The highest BCUT2D eigenvalue weighted by molar-refractivity contribution is 6.30. The summed E-state index contributed by atoms with van der Waals surface area (Å²) in [5, 5.41) is 0.377. The average Bonchev–Trinajstić information content (AvgIpc) is 2.29. The summed E-state index contributed by atoms with van der Waals surface area (Å²) in [5.41, 5.74) is 0.466. The van der Waals surface area contributed by atoms with E-state index < -0.39 is 0 Å². The molecule has 2 rings (SSSR count). The first-order chi connectivity index (χ1) is 7.75. The van der Waals surface area contributed by atoms with E-state index in [0.717, 1.165) is 0 Å². The maximum absolute atomic E-state index is 13.4. The van der Waals surface area contributed by atoms with Gasteiger partial charge in [0.05, 0.1) is 6.20 Å². The number of halogens is 2. The summed E-state index contributed by atoms with van der Waals surface area (Å²) in [5.74, 6) is 0.244. The molecule has 0 amide bonds. The Morgan fingerprint density at radius 3 is 2.88 bits per heavy atom. The van der Waals surface area contributed by atoms with Crippen molar-refractivity contribution in [3.63, 3.8) is 0 Å². The lowest BCUT2D eigenvalue weighted by atomic mass is 10.2. The molecule has 0 bridgehead atoms. The van der Waals surface area contributed by atoms with Gasteiger partial charge in [0, 0.05) is 16.8 Å². The van der Waals surface area contributed by atoms with E-state index in [4.69, 9.17) is 16.3 Å². The van der Waals surface area contributed by atoms with Gasteiger partial charge in [-0.25, -0.2) is 4.39 Å². The van der Waals surface area contributed by atoms with Crippen LogP contribution in [0.25, 0.3) is 0 Å². The maximum atomic E-state index is 13.4. The Kier molecular flexibility index (Phi) is 3.37. The minimum absolute atomic E-state index is 0.161. The lowest BCUT2D eigenvalue weighted by Gasteiger charge is -2.06. The number of pyridine rings is 1. The van der Waals surface area contributed by atoms with E-state index >= 15 is 0 Å². The van der Waals surface area contributed by atoms with Crippen LogP contribution >= 0.6 is 11.6 Å². The van der Waals surface area contributed by atoms with Crippen molar-refractivity contribution in [2.75, 3.05) is 0 Å².